The molecule has 1 unspecified atom stereocenters. The van der Waals surface area contributed by atoms with Crippen molar-refractivity contribution >= 4 is 11.0 Å². The number of hydrogen-bond acceptors (Lipinski definition) is 6. The van der Waals surface area contributed by atoms with Crippen LogP contribution >= 0.6 is 0 Å². The van der Waals surface area contributed by atoms with Crippen molar-refractivity contribution in [3.63, 3.8) is 0 Å². The van der Waals surface area contributed by atoms with E-state index >= 15 is 0 Å². The lowest BCUT2D eigenvalue weighted by molar-refractivity contribution is 0.174. The van der Waals surface area contributed by atoms with Crippen LogP contribution in [0.15, 0.2) is 75.9 Å². The molecule has 0 aliphatic carbocycles. The third-order valence-corrected chi connectivity index (χ3v) is 6.01. The van der Waals surface area contributed by atoms with Crippen LogP contribution < -0.4 is 19.6 Å². The van der Waals surface area contributed by atoms with E-state index in [1.165, 1.54) is 0 Å². The van der Waals surface area contributed by atoms with E-state index in [4.69, 9.17) is 18.6 Å². The van der Waals surface area contributed by atoms with Gasteiger partial charge >= 0.3 is 0 Å². The Morgan fingerprint density at radius 2 is 1.76 bits per heavy atom. The lowest BCUT2D eigenvalue weighted by Gasteiger charge is -2.21. The highest BCUT2D eigenvalue weighted by atomic mass is 16.7. The molecular weight excluding hydrogens is 430 g/mol. The van der Waals surface area contributed by atoms with Crippen molar-refractivity contribution in [1.82, 2.24) is 4.90 Å². The van der Waals surface area contributed by atoms with Gasteiger partial charge in [-0.2, -0.15) is 0 Å². The molecule has 5 rings (SSSR count). The maximum Gasteiger partial charge on any atom is 0.231 e. The third-order valence-electron chi connectivity index (χ3n) is 6.01. The molecule has 1 aliphatic heterocycles. The standard InChI is InChI=1S/C28H27NO5/c1-18-27(30)22-16-21(33-23(13-14-29(2)3)19-7-5-4-6-8-19)10-12-24(22)34-28(18)20-9-11-25-26(15-20)32-17-31-25/h4-12,15-16,23H,13-14,17H2,1-3H3. The summed E-state index contributed by atoms with van der Waals surface area (Å²) >= 11 is 0. The molecule has 0 saturated carbocycles. The molecule has 2 heterocycles. The van der Waals surface area contributed by atoms with Gasteiger partial charge in [-0.25, -0.2) is 0 Å². The van der Waals surface area contributed by atoms with Gasteiger partial charge in [0, 0.05) is 24.1 Å². The van der Waals surface area contributed by atoms with Crippen molar-refractivity contribution in [1.29, 1.82) is 0 Å². The van der Waals surface area contributed by atoms with Gasteiger partial charge < -0.3 is 23.5 Å². The van der Waals surface area contributed by atoms with E-state index in [0.717, 1.165) is 24.1 Å². The summed E-state index contributed by atoms with van der Waals surface area (Å²) in [5, 5.41) is 0.499. The van der Waals surface area contributed by atoms with Crippen molar-refractivity contribution in [3.8, 4) is 28.6 Å². The molecular formula is C28H27NO5. The van der Waals surface area contributed by atoms with E-state index in [9.17, 15) is 4.79 Å². The monoisotopic (exact) mass is 457 g/mol. The minimum atomic E-state index is -0.123. The van der Waals surface area contributed by atoms with Crippen LogP contribution in [0.1, 0.15) is 23.7 Å². The Kier molecular flexibility index (Phi) is 5.99. The summed E-state index contributed by atoms with van der Waals surface area (Å²) in [6.07, 6.45) is 0.702. The van der Waals surface area contributed by atoms with Crippen molar-refractivity contribution in [2.24, 2.45) is 0 Å². The second kappa shape index (κ2) is 9.23. The van der Waals surface area contributed by atoms with Crippen molar-refractivity contribution in [2.75, 3.05) is 27.4 Å². The number of rotatable bonds is 7. The minimum Gasteiger partial charge on any atom is -0.486 e. The SMILES string of the molecule is Cc1c(-c2ccc3c(c2)OCO3)oc2ccc(OC(CCN(C)C)c3ccccc3)cc2c1=O. The number of hydrogen-bond donors (Lipinski definition) is 0. The summed E-state index contributed by atoms with van der Waals surface area (Å²) in [7, 11) is 4.09. The summed E-state index contributed by atoms with van der Waals surface area (Å²) in [6, 6.07) is 21.1. The lowest BCUT2D eigenvalue weighted by atomic mass is 10.0. The van der Waals surface area contributed by atoms with E-state index in [1.54, 1.807) is 19.1 Å². The zero-order valence-corrected chi connectivity index (χ0v) is 19.5. The molecule has 1 aliphatic rings. The first kappa shape index (κ1) is 22.0. The highest BCUT2D eigenvalue weighted by molar-refractivity contribution is 5.82. The van der Waals surface area contributed by atoms with Gasteiger partial charge in [-0.1, -0.05) is 30.3 Å². The Hall–Kier alpha value is -3.77. The Balaban J connectivity index is 1.49. The van der Waals surface area contributed by atoms with Crippen LogP contribution in [-0.4, -0.2) is 32.3 Å². The van der Waals surface area contributed by atoms with E-state index in [-0.39, 0.29) is 18.3 Å². The zero-order valence-electron chi connectivity index (χ0n) is 19.5. The summed E-state index contributed by atoms with van der Waals surface area (Å²) in [5.74, 6) is 2.50. The Labute approximate surface area is 198 Å². The normalized spacial score (nSPS) is 13.4. The Morgan fingerprint density at radius 1 is 0.971 bits per heavy atom. The number of ether oxygens (including phenoxy) is 3. The summed E-state index contributed by atoms with van der Waals surface area (Å²) in [6.45, 7) is 2.86. The number of fused-ring (bicyclic) bond motifs is 2. The molecule has 0 amide bonds. The first-order valence-corrected chi connectivity index (χ1v) is 11.3. The molecule has 0 fully saturated rings. The van der Waals surface area contributed by atoms with Crippen LogP contribution in [0, 0.1) is 6.92 Å². The molecule has 0 spiro atoms. The number of benzene rings is 3. The number of nitrogens with zero attached hydrogens (tertiary/aromatic N) is 1. The van der Waals surface area contributed by atoms with E-state index < -0.39 is 0 Å². The second-order valence-corrected chi connectivity index (χ2v) is 8.72. The molecule has 0 bridgehead atoms. The van der Waals surface area contributed by atoms with E-state index in [2.05, 4.69) is 17.0 Å². The average Bonchev–Trinajstić information content (AvgIpc) is 3.32. The maximum absolute atomic E-state index is 13.3. The highest BCUT2D eigenvalue weighted by Gasteiger charge is 2.19. The molecule has 4 aromatic rings. The van der Waals surface area contributed by atoms with Gasteiger partial charge in [-0.05, 0) is 63.0 Å². The Bertz CT molecular complexity index is 1380. The van der Waals surface area contributed by atoms with Crippen molar-refractivity contribution in [3.05, 3.63) is 88.1 Å². The van der Waals surface area contributed by atoms with Gasteiger partial charge in [0.1, 0.15) is 23.2 Å². The van der Waals surface area contributed by atoms with Gasteiger partial charge in [-0.3, -0.25) is 4.79 Å². The fourth-order valence-corrected chi connectivity index (χ4v) is 4.15. The molecule has 1 atom stereocenters. The molecule has 6 heteroatoms. The van der Waals surface area contributed by atoms with Gasteiger partial charge in [0.15, 0.2) is 16.9 Å². The van der Waals surface area contributed by atoms with Crippen LogP contribution in [0.25, 0.3) is 22.3 Å². The van der Waals surface area contributed by atoms with Gasteiger partial charge in [0.2, 0.25) is 6.79 Å². The van der Waals surface area contributed by atoms with Gasteiger partial charge in [0.25, 0.3) is 0 Å². The average molecular weight is 458 g/mol. The fraction of sp³-hybridized carbons (Fsp3) is 0.250. The summed E-state index contributed by atoms with van der Waals surface area (Å²) in [4.78, 5) is 15.4. The molecule has 0 saturated heterocycles. The summed E-state index contributed by atoms with van der Waals surface area (Å²) < 4.78 is 23.4. The first-order valence-electron chi connectivity index (χ1n) is 11.3. The molecule has 34 heavy (non-hydrogen) atoms. The predicted octanol–water partition coefficient (Wildman–Crippen LogP) is 5.57. The van der Waals surface area contributed by atoms with Crippen LogP contribution in [0.5, 0.6) is 17.2 Å². The smallest absolute Gasteiger partial charge is 0.231 e. The fourth-order valence-electron chi connectivity index (χ4n) is 4.15. The third kappa shape index (κ3) is 4.37. The molecule has 0 radical (unpaired) electrons. The minimum absolute atomic E-state index is 0.0797. The van der Waals surface area contributed by atoms with Crippen LogP contribution in [0.3, 0.4) is 0 Å². The topological polar surface area (TPSA) is 61.1 Å². The van der Waals surface area contributed by atoms with E-state index in [1.807, 2.05) is 56.6 Å². The zero-order chi connectivity index (χ0) is 23.7. The quantitative estimate of drug-likeness (QED) is 0.362. The second-order valence-electron chi connectivity index (χ2n) is 8.72. The lowest BCUT2D eigenvalue weighted by Crippen LogP contribution is -2.19. The first-order chi connectivity index (χ1) is 16.5. The van der Waals surface area contributed by atoms with Crippen LogP contribution in [0.4, 0.5) is 0 Å². The molecule has 3 aromatic carbocycles. The summed E-state index contributed by atoms with van der Waals surface area (Å²) in [5.41, 5.74) is 2.85. The van der Waals surface area contributed by atoms with Gasteiger partial charge in [0.05, 0.1) is 5.39 Å². The van der Waals surface area contributed by atoms with Crippen LogP contribution in [-0.2, 0) is 0 Å². The molecule has 174 valence electrons. The highest BCUT2D eigenvalue weighted by Crippen LogP contribution is 2.37. The molecule has 0 N–H and O–H groups in total. The molecule has 1 aromatic heterocycles. The van der Waals surface area contributed by atoms with E-state index in [0.29, 0.717) is 39.5 Å². The van der Waals surface area contributed by atoms with Gasteiger partial charge in [-0.15, -0.1) is 0 Å². The van der Waals surface area contributed by atoms with Crippen LogP contribution in [0.2, 0.25) is 0 Å². The Morgan fingerprint density at radius 3 is 2.56 bits per heavy atom. The van der Waals surface area contributed by atoms with Crippen molar-refractivity contribution in [2.45, 2.75) is 19.4 Å². The largest absolute Gasteiger partial charge is 0.486 e. The predicted molar refractivity (Wildman–Crippen MR) is 132 cm³/mol. The molecule has 6 nitrogen and oxygen atoms in total. The van der Waals surface area contributed by atoms with Crippen molar-refractivity contribution < 1.29 is 18.6 Å². The maximum atomic E-state index is 13.3.